The molecule has 0 fully saturated rings. The van der Waals surface area contributed by atoms with E-state index in [1.807, 2.05) is 0 Å². The Kier molecular flexibility index (Phi) is 6.81. The lowest BCUT2D eigenvalue weighted by atomic mass is 9.98. The summed E-state index contributed by atoms with van der Waals surface area (Å²) >= 11 is 0. The summed E-state index contributed by atoms with van der Waals surface area (Å²) in [6.07, 6.45) is -4.21. The van der Waals surface area contributed by atoms with Gasteiger partial charge in [0.25, 0.3) is 0 Å². The van der Waals surface area contributed by atoms with E-state index >= 15 is 0 Å². The minimum atomic E-state index is -4.60. The molecule has 2 aromatic carbocycles. The Bertz CT molecular complexity index is 949. The maximum absolute atomic E-state index is 14.0. The smallest absolute Gasteiger partial charge is 0.317 e. The van der Waals surface area contributed by atoms with E-state index in [2.05, 4.69) is 17.3 Å². The van der Waals surface area contributed by atoms with Gasteiger partial charge in [0.1, 0.15) is 17.3 Å². The number of benzene rings is 2. The zero-order chi connectivity index (χ0) is 20.9. The Hall–Kier alpha value is -2.85. The number of alkyl halides is 3. The number of aryl methyl sites for hydroxylation is 2. The number of hydrogen-bond donors (Lipinski definition) is 2. The van der Waals surface area contributed by atoms with E-state index in [0.717, 1.165) is 12.1 Å². The van der Waals surface area contributed by atoms with Gasteiger partial charge in [0, 0.05) is 0 Å². The van der Waals surface area contributed by atoms with Crippen LogP contribution >= 0.6 is 0 Å². The van der Waals surface area contributed by atoms with Gasteiger partial charge >= 0.3 is 6.18 Å². The predicted octanol–water partition coefficient (Wildman–Crippen LogP) is 4.99. The lowest BCUT2D eigenvalue weighted by Crippen LogP contribution is -2.21. The Balaban J connectivity index is 2.26. The average molecular weight is 394 g/mol. The molecule has 0 aliphatic carbocycles. The molecule has 3 N–H and O–H groups in total. The summed E-state index contributed by atoms with van der Waals surface area (Å²) in [4.78, 5) is 0. The van der Waals surface area contributed by atoms with Crippen molar-refractivity contribution in [3.8, 4) is 11.8 Å². The highest BCUT2D eigenvalue weighted by Gasteiger charge is 2.31. The summed E-state index contributed by atoms with van der Waals surface area (Å²) in [6.45, 7) is 3.37. The van der Waals surface area contributed by atoms with Gasteiger partial charge in [0.2, 0.25) is 0 Å². The molecule has 0 heterocycles. The van der Waals surface area contributed by atoms with E-state index in [1.165, 1.54) is 12.1 Å². The van der Waals surface area contributed by atoms with Crippen molar-refractivity contribution in [2.75, 3.05) is 0 Å². The molecule has 2 nitrogen and oxygen atoms in total. The number of nitrogens with two attached hydrogens (primary N) is 1. The first-order chi connectivity index (χ1) is 13.2. The zero-order valence-electron chi connectivity index (χ0n) is 15.3. The highest BCUT2D eigenvalue weighted by Crippen LogP contribution is 2.30. The Labute approximate surface area is 160 Å². The van der Waals surface area contributed by atoms with Crippen LogP contribution in [-0.4, -0.2) is 0 Å². The molecule has 0 aliphatic heterocycles. The second-order valence-corrected chi connectivity index (χ2v) is 6.17. The number of hydrazine groups is 1. The van der Waals surface area contributed by atoms with Gasteiger partial charge in [-0.3, -0.25) is 0 Å². The standard InChI is InChI=1S/C21H19F5N2/c1-3-4-20(28-27)13(2)16-9-14(10-18(22)11-16)5-6-15-7-8-17(12-19(15)23)21(24,25)26/h7-12,28H,5-6,27H2,1-2H3/b20-13+. The molecule has 0 saturated carbocycles. The van der Waals surface area contributed by atoms with Crippen molar-refractivity contribution in [2.24, 2.45) is 5.84 Å². The van der Waals surface area contributed by atoms with Crippen LogP contribution in [0.4, 0.5) is 22.0 Å². The second kappa shape index (κ2) is 8.89. The van der Waals surface area contributed by atoms with E-state index in [-0.39, 0.29) is 18.4 Å². The van der Waals surface area contributed by atoms with Gasteiger partial charge in [-0.1, -0.05) is 18.1 Å². The molecule has 0 aliphatic rings. The highest BCUT2D eigenvalue weighted by molar-refractivity contribution is 5.70. The monoisotopic (exact) mass is 394 g/mol. The molecule has 0 radical (unpaired) electrons. The van der Waals surface area contributed by atoms with Crippen LogP contribution in [0.2, 0.25) is 0 Å². The minimum Gasteiger partial charge on any atom is -0.317 e. The van der Waals surface area contributed by atoms with Crippen molar-refractivity contribution < 1.29 is 22.0 Å². The Morgan fingerprint density at radius 1 is 1.07 bits per heavy atom. The molecule has 0 aromatic heterocycles. The van der Waals surface area contributed by atoms with Crippen LogP contribution in [0.25, 0.3) is 5.57 Å². The second-order valence-electron chi connectivity index (χ2n) is 6.17. The summed E-state index contributed by atoms with van der Waals surface area (Å²) in [6, 6.07) is 6.77. The van der Waals surface area contributed by atoms with Gasteiger partial charge < -0.3 is 5.43 Å². The van der Waals surface area contributed by atoms with Gasteiger partial charge in [-0.2, -0.15) is 13.2 Å². The van der Waals surface area contributed by atoms with Crippen LogP contribution < -0.4 is 11.3 Å². The molecule has 0 amide bonds. The number of halogens is 5. The molecule has 0 atom stereocenters. The van der Waals surface area contributed by atoms with Crippen LogP contribution in [0, 0.1) is 23.5 Å². The van der Waals surface area contributed by atoms with Crippen molar-refractivity contribution in [2.45, 2.75) is 32.9 Å². The molecule has 2 rings (SSSR count). The topological polar surface area (TPSA) is 38.0 Å². The van der Waals surface area contributed by atoms with Gasteiger partial charge in [-0.25, -0.2) is 14.6 Å². The van der Waals surface area contributed by atoms with Crippen molar-refractivity contribution >= 4 is 5.57 Å². The molecule has 0 saturated heterocycles. The Morgan fingerprint density at radius 3 is 2.36 bits per heavy atom. The third-order valence-corrected chi connectivity index (χ3v) is 4.22. The fraction of sp³-hybridized carbons (Fsp3) is 0.238. The van der Waals surface area contributed by atoms with Crippen molar-refractivity contribution in [1.29, 1.82) is 0 Å². The maximum Gasteiger partial charge on any atom is 0.416 e. The van der Waals surface area contributed by atoms with Crippen LogP contribution in [0.3, 0.4) is 0 Å². The fourth-order valence-electron chi connectivity index (χ4n) is 2.72. The average Bonchev–Trinajstić information content (AvgIpc) is 2.63. The van der Waals surface area contributed by atoms with E-state index in [9.17, 15) is 22.0 Å². The van der Waals surface area contributed by atoms with Gasteiger partial charge in [0.15, 0.2) is 0 Å². The van der Waals surface area contributed by atoms with E-state index in [0.29, 0.717) is 28.5 Å². The van der Waals surface area contributed by atoms with Gasteiger partial charge in [-0.05, 0) is 79.1 Å². The molecule has 0 unspecified atom stereocenters. The quantitative estimate of drug-likeness (QED) is 0.325. The lowest BCUT2D eigenvalue weighted by Gasteiger charge is -2.11. The first-order valence-corrected chi connectivity index (χ1v) is 8.41. The largest absolute Gasteiger partial charge is 0.416 e. The molecule has 7 heteroatoms. The normalized spacial score (nSPS) is 12.1. The molecular weight excluding hydrogens is 375 g/mol. The van der Waals surface area contributed by atoms with E-state index in [1.54, 1.807) is 19.9 Å². The van der Waals surface area contributed by atoms with Crippen molar-refractivity contribution in [3.05, 3.63) is 76.0 Å². The third kappa shape index (κ3) is 5.33. The van der Waals surface area contributed by atoms with Crippen molar-refractivity contribution in [3.63, 3.8) is 0 Å². The first-order valence-electron chi connectivity index (χ1n) is 8.41. The summed E-state index contributed by atoms with van der Waals surface area (Å²) in [5.41, 5.74) is 3.76. The number of hydrogen-bond acceptors (Lipinski definition) is 2. The zero-order valence-corrected chi connectivity index (χ0v) is 15.3. The lowest BCUT2D eigenvalue weighted by molar-refractivity contribution is -0.137. The predicted molar refractivity (Wildman–Crippen MR) is 98.6 cm³/mol. The number of nitrogens with one attached hydrogen (secondary N) is 1. The van der Waals surface area contributed by atoms with Crippen molar-refractivity contribution in [1.82, 2.24) is 5.43 Å². The van der Waals surface area contributed by atoms with Crippen LogP contribution in [0.15, 0.2) is 42.1 Å². The first kappa shape index (κ1) is 21.5. The summed E-state index contributed by atoms with van der Waals surface area (Å²) in [7, 11) is 0. The molecule has 28 heavy (non-hydrogen) atoms. The molecule has 2 aromatic rings. The van der Waals surface area contributed by atoms with Crippen LogP contribution in [-0.2, 0) is 19.0 Å². The summed E-state index contributed by atoms with van der Waals surface area (Å²) in [5.74, 6) is 9.50. The fourth-order valence-corrected chi connectivity index (χ4v) is 2.72. The molecule has 0 spiro atoms. The molecule has 148 valence electrons. The summed E-state index contributed by atoms with van der Waals surface area (Å²) in [5, 5.41) is 0. The van der Waals surface area contributed by atoms with E-state index in [4.69, 9.17) is 5.84 Å². The third-order valence-electron chi connectivity index (χ3n) is 4.22. The molecule has 0 bridgehead atoms. The maximum atomic E-state index is 14.0. The Morgan fingerprint density at radius 2 is 1.79 bits per heavy atom. The van der Waals surface area contributed by atoms with Gasteiger partial charge in [-0.15, -0.1) is 0 Å². The van der Waals surface area contributed by atoms with Gasteiger partial charge in [0.05, 0.1) is 5.56 Å². The van der Waals surface area contributed by atoms with Crippen LogP contribution in [0.5, 0.6) is 0 Å². The van der Waals surface area contributed by atoms with Crippen LogP contribution in [0.1, 0.15) is 36.1 Å². The summed E-state index contributed by atoms with van der Waals surface area (Å²) < 4.78 is 65.9. The SMILES string of the molecule is CC#C/C(NN)=C(/C)c1cc(F)cc(CCc2ccc(C(F)(F)F)cc2F)c1. The number of allylic oxidation sites excluding steroid dienone is 2. The minimum absolute atomic E-state index is 0.131. The highest BCUT2D eigenvalue weighted by atomic mass is 19.4. The van der Waals surface area contributed by atoms with E-state index < -0.39 is 23.4 Å². The number of rotatable bonds is 5. The molecular formula is C21H19F5N2.